The van der Waals surface area contributed by atoms with Gasteiger partial charge in [-0.25, -0.2) is 0 Å². The zero-order chi connectivity index (χ0) is 11.1. The quantitative estimate of drug-likeness (QED) is 0.476. The minimum Gasteiger partial charge on any atom is -0.399 e. The zero-order valence-corrected chi connectivity index (χ0v) is 9.07. The van der Waals surface area contributed by atoms with Crippen LogP contribution in [0.1, 0.15) is 0 Å². The number of aromatic nitrogens is 2. The first-order chi connectivity index (χ1) is 7.74. The highest BCUT2D eigenvalue weighted by atomic mass is 35.5. The second kappa shape index (κ2) is 3.32. The van der Waals surface area contributed by atoms with Gasteiger partial charge in [-0.3, -0.25) is 0 Å². The van der Waals surface area contributed by atoms with Crippen LogP contribution in [0.25, 0.3) is 21.7 Å². The number of nitrogens with zero attached hydrogens (tertiary/aromatic N) is 2. The summed E-state index contributed by atoms with van der Waals surface area (Å²) in [5.41, 5.74) is 7.34. The van der Waals surface area contributed by atoms with Crippen LogP contribution in [-0.4, -0.2) is 10.2 Å². The standard InChI is InChI=1S/C12H8ClN3/c13-12-6-10-9-5-8(14)3-1-7(9)2-4-11(10)15-16-12/h1-6H,14H2. The molecule has 0 atom stereocenters. The van der Waals surface area contributed by atoms with Gasteiger partial charge in [-0.2, -0.15) is 0 Å². The maximum absolute atomic E-state index is 5.85. The number of nitrogens with two attached hydrogens (primary N) is 1. The molecule has 0 aliphatic rings. The average Bonchev–Trinajstić information content (AvgIpc) is 2.29. The Hall–Kier alpha value is -1.87. The molecule has 0 saturated carbocycles. The summed E-state index contributed by atoms with van der Waals surface area (Å²) in [6.07, 6.45) is 0. The Labute approximate surface area is 96.8 Å². The van der Waals surface area contributed by atoms with Crippen LogP contribution < -0.4 is 5.73 Å². The van der Waals surface area contributed by atoms with Crippen LogP contribution in [0.3, 0.4) is 0 Å². The first kappa shape index (κ1) is 9.36. The van der Waals surface area contributed by atoms with Crippen LogP contribution in [0.15, 0.2) is 36.4 Å². The molecule has 0 spiro atoms. The van der Waals surface area contributed by atoms with Gasteiger partial charge in [0.25, 0.3) is 0 Å². The Morgan fingerprint density at radius 1 is 0.938 bits per heavy atom. The Balaban J connectivity index is 2.55. The molecule has 0 saturated heterocycles. The van der Waals surface area contributed by atoms with Gasteiger partial charge in [0, 0.05) is 11.1 Å². The minimum atomic E-state index is 0.391. The van der Waals surface area contributed by atoms with Crippen LogP contribution in [0.4, 0.5) is 5.69 Å². The molecule has 1 aromatic heterocycles. The molecule has 3 rings (SSSR count). The van der Waals surface area contributed by atoms with Gasteiger partial charge in [-0.1, -0.05) is 23.7 Å². The van der Waals surface area contributed by atoms with Crippen LogP contribution >= 0.6 is 11.6 Å². The van der Waals surface area contributed by atoms with Crippen molar-refractivity contribution in [1.82, 2.24) is 10.2 Å². The molecule has 16 heavy (non-hydrogen) atoms. The Morgan fingerprint density at radius 3 is 2.62 bits per heavy atom. The van der Waals surface area contributed by atoms with Gasteiger partial charge in [-0.05, 0) is 35.0 Å². The van der Waals surface area contributed by atoms with Crippen molar-refractivity contribution in [3.05, 3.63) is 41.6 Å². The molecule has 1 heterocycles. The average molecular weight is 230 g/mol. The number of rotatable bonds is 0. The summed E-state index contributed by atoms with van der Waals surface area (Å²) in [6, 6.07) is 11.5. The van der Waals surface area contributed by atoms with E-state index in [2.05, 4.69) is 10.2 Å². The SMILES string of the molecule is Nc1ccc2ccc3nnc(Cl)cc3c2c1. The van der Waals surface area contributed by atoms with E-state index >= 15 is 0 Å². The summed E-state index contributed by atoms with van der Waals surface area (Å²) >= 11 is 5.85. The first-order valence-electron chi connectivity index (χ1n) is 4.85. The molecule has 0 unspecified atom stereocenters. The number of fused-ring (bicyclic) bond motifs is 3. The van der Waals surface area contributed by atoms with E-state index in [-0.39, 0.29) is 0 Å². The van der Waals surface area contributed by atoms with E-state index in [9.17, 15) is 0 Å². The van der Waals surface area contributed by atoms with Crippen molar-refractivity contribution in [2.24, 2.45) is 0 Å². The smallest absolute Gasteiger partial charge is 0.152 e. The number of nitrogen functional groups attached to an aromatic ring is 1. The van der Waals surface area contributed by atoms with Gasteiger partial charge >= 0.3 is 0 Å². The fraction of sp³-hybridized carbons (Fsp3) is 0. The van der Waals surface area contributed by atoms with Gasteiger partial charge in [-0.15, -0.1) is 10.2 Å². The van der Waals surface area contributed by atoms with E-state index < -0.39 is 0 Å². The molecular weight excluding hydrogens is 222 g/mol. The van der Waals surface area contributed by atoms with Crippen molar-refractivity contribution in [3.63, 3.8) is 0 Å². The molecular formula is C12H8ClN3. The monoisotopic (exact) mass is 229 g/mol. The van der Waals surface area contributed by atoms with Crippen molar-refractivity contribution < 1.29 is 0 Å². The molecule has 0 bridgehead atoms. The summed E-state index contributed by atoms with van der Waals surface area (Å²) in [5, 5.41) is 11.4. The molecule has 0 amide bonds. The highest BCUT2D eigenvalue weighted by Gasteiger charge is 2.03. The van der Waals surface area contributed by atoms with Crippen LogP contribution in [-0.2, 0) is 0 Å². The molecule has 78 valence electrons. The lowest BCUT2D eigenvalue weighted by Crippen LogP contribution is -1.88. The van der Waals surface area contributed by atoms with Crippen LogP contribution in [0, 0.1) is 0 Å². The summed E-state index contributed by atoms with van der Waals surface area (Å²) in [4.78, 5) is 0. The Morgan fingerprint density at radius 2 is 1.75 bits per heavy atom. The van der Waals surface area contributed by atoms with Crippen molar-refractivity contribution in [1.29, 1.82) is 0 Å². The third-order valence-corrected chi connectivity index (χ3v) is 2.77. The molecule has 0 aliphatic carbocycles. The molecule has 0 aliphatic heterocycles. The number of anilines is 1. The van der Waals surface area contributed by atoms with E-state index in [1.807, 2.05) is 36.4 Å². The van der Waals surface area contributed by atoms with Crippen molar-refractivity contribution in [2.75, 3.05) is 5.73 Å². The van der Waals surface area contributed by atoms with Crippen molar-refractivity contribution in [3.8, 4) is 0 Å². The number of hydrogen-bond donors (Lipinski definition) is 1. The first-order valence-corrected chi connectivity index (χ1v) is 5.23. The lowest BCUT2D eigenvalue weighted by Gasteiger charge is -2.03. The number of hydrogen-bond acceptors (Lipinski definition) is 3. The second-order valence-corrected chi connectivity index (χ2v) is 4.03. The van der Waals surface area contributed by atoms with Gasteiger partial charge in [0.15, 0.2) is 5.15 Å². The largest absolute Gasteiger partial charge is 0.399 e. The molecule has 0 fully saturated rings. The maximum Gasteiger partial charge on any atom is 0.152 e. The second-order valence-electron chi connectivity index (χ2n) is 3.65. The topological polar surface area (TPSA) is 51.8 Å². The highest BCUT2D eigenvalue weighted by molar-refractivity contribution is 6.30. The van der Waals surface area contributed by atoms with Gasteiger partial charge in [0.05, 0.1) is 5.52 Å². The molecule has 2 N–H and O–H groups in total. The summed E-state index contributed by atoms with van der Waals surface area (Å²) in [6.45, 7) is 0. The van der Waals surface area contributed by atoms with E-state index in [1.54, 1.807) is 0 Å². The number of halogens is 1. The van der Waals surface area contributed by atoms with Gasteiger partial charge in [0.1, 0.15) is 0 Å². The van der Waals surface area contributed by atoms with Gasteiger partial charge < -0.3 is 5.73 Å². The molecule has 3 nitrogen and oxygen atoms in total. The molecule has 3 aromatic rings. The third-order valence-electron chi connectivity index (χ3n) is 2.58. The van der Waals surface area contributed by atoms with Crippen molar-refractivity contribution in [2.45, 2.75) is 0 Å². The fourth-order valence-corrected chi connectivity index (χ4v) is 1.98. The Bertz CT molecular complexity index is 633. The van der Waals surface area contributed by atoms with Crippen molar-refractivity contribution >= 4 is 39.0 Å². The lowest BCUT2D eigenvalue weighted by atomic mass is 10.1. The predicted octanol–water partition coefficient (Wildman–Crippen LogP) is 3.02. The summed E-state index contributed by atoms with van der Waals surface area (Å²) in [7, 11) is 0. The molecule has 0 radical (unpaired) electrons. The molecule has 2 aromatic carbocycles. The van der Waals surface area contributed by atoms with E-state index in [0.29, 0.717) is 5.15 Å². The van der Waals surface area contributed by atoms with Crippen LogP contribution in [0.2, 0.25) is 5.15 Å². The zero-order valence-electron chi connectivity index (χ0n) is 8.31. The highest BCUT2D eigenvalue weighted by Crippen LogP contribution is 2.26. The summed E-state index contributed by atoms with van der Waals surface area (Å²) in [5.74, 6) is 0. The summed E-state index contributed by atoms with van der Waals surface area (Å²) < 4.78 is 0. The predicted molar refractivity (Wildman–Crippen MR) is 66.5 cm³/mol. The third kappa shape index (κ3) is 1.37. The minimum absolute atomic E-state index is 0.391. The maximum atomic E-state index is 5.85. The molecule has 4 heteroatoms. The van der Waals surface area contributed by atoms with E-state index in [4.69, 9.17) is 17.3 Å². The Kier molecular flexibility index (Phi) is 1.94. The van der Waals surface area contributed by atoms with Crippen LogP contribution in [0.5, 0.6) is 0 Å². The lowest BCUT2D eigenvalue weighted by molar-refractivity contribution is 1.08. The van der Waals surface area contributed by atoms with Gasteiger partial charge in [0.2, 0.25) is 0 Å². The van der Waals surface area contributed by atoms with E-state index in [0.717, 1.165) is 27.4 Å². The number of benzene rings is 2. The normalized spacial score (nSPS) is 11.1. The van der Waals surface area contributed by atoms with E-state index in [1.165, 1.54) is 0 Å². The fourth-order valence-electron chi connectivity index (χ4n) is 1.84.